The molecule has 5 heteroatoms. The van der Waals surface area contributed by atoms with Gasteiger partial charge in [0.1, 0.15) is 24.5 Å². The number of carbonyl (C=O) groups excluding carboxylic acids is 1. The first-order valence-corrected chi connectivity index (χ1v) is 8.15. The minimum atomic E-state index is -0.371. The molecule has 0 spiro atoms. The Kier molecular flexibility index (Phi) is 5.51. The maximum atomic E-state index is 12.0. The Labute approximate surface area is 146 Å². The van der Waals surface area contributed by atoms with Crippen molar-refractivity contribution in [1.29, 1.82) is 0 Å². The van der Waals surface area contributed by atoms with Crippen molar-refractivity contribution in [3.63, 3.8) is 0 Å². The van der Waals surface area contributed by atoms with Crippen LogP contribution in [0.25, 0.3) is 5.57 Å². The SMILES string of the molecule is O=C1OCC(OCCNCc2ccccc2)=C1c1cccc(Cl)c1. The molecule has 0 aliphatic carbocycles. The molecule has 24 heavy (non-hydrogen) atoms. The number of esters is 1. The van der Waals surface area contributed by atoms with Gasteiger partial charge in [-0.3, -0.25) is 0 Å². The molecule has 1 N–H and O–H groups in total. The van der Waals surface area contributed by atoms with E-state index in [0.29, 0.717) is 29.5 Å². The number of halogens is 1. The third-order valence-corrected chi connectivity index (χ3v) is 3.89. The molecule has 0 amide bonds. The molecule has 0 aromatic heterocycles. The highest BCUT2D eigenvalue weighted by atomic mass is 35.5. The van der Waals surface area contributed by atoms with Crippen LogP contribution in [0, 0.1) is 0 Å². The summed E-state index contributed by atoms with van der Waals surface area (Å²) in [5.74, 6) is 0.188. The molecule has 0 saturated heterocycles. The molecule has 3 rings (SSSR count). The number of carbonyl (C=O) groups is 1. The maximum Gasteiger partial charge on any atom is 0.342 e. The van der Waals surface area contributed by atoms with Crippen molar-refractivity contribution in [1.82, 2.24) is 5.32 Å². The topological polar surface area (TPSA) is 47.6 Å². The van der Waals surface area contributed by atoms with Gasteiger partial charge in [0.25, 0.3) is 0 Å². The first-order valence-electron chi connectivity index (χ1n) is 7.77. The molecule has 1 aliphatic heterocycles. The molecular weight excluding hydrogens is 326 g/mol. The highest BCUT2D eigenvalue weighted by Crippen LogP contribution is 2.28. The monoisotopic (exact) mass is 343 g/mol. The van der Waals surface area contributed by atoms with Gasteiger partial charge >= 0.3 is 5.97 Å². The number of nitrogens with one attached hydrogen (secondary N) is 1. The standard InChI is InChI=1S/C19H18ClNO3/c20-16-8-4-7-15(11-16)18-17(13-24-19(18)22)23-10-9-21-12-14-5-2-1-3-6-14/h1-8,11,21H,9-10,12-13H2. The molecule has 124 valence electrons. The summed E-state index contributed by atoms with van der Waals surface area (Å²) in [4.78, 5) is 12.0. The van der Waals surface area contributed by atoms with Crippen LogP contribution in [0.5, 0.6) is 0 Å². The van der Waals surface area contributed by atoms with Crippen LogP contribution in [0.15, 0.2) is 60.4 Å². The van der Waals surface area contributed by atoms with E-state index in [1.165, 1.54) is 5.56 Å². The Balaban J connectivity index is 1.56. The van der Waals surface area contributed by atoms with Crippen molar-refractivity contribution >= 4 is 23.1 Å². The van der Waals surface area contributed by atoms with Crippen molar-refractivity contribution < 1.29 is 14.3 Å². The number of cyclic esters (lactones) is 1. The molecule has 2 aromatic rings. The molecule has 2 aromatic carbocycles. The lowest BCUT2D eigenvalue weighted by Crippen LogP contribution is -2.19. The van der Waals surface area contributed by atoms with Crippen LogP contribution in [0.1, 0.15) is 11.1 Å². The van der Waals surface area contributed by atoms with Gasteiger partial charge in [-0.15, -0.1) is 0 Å². The highest BCUT2D eigenvalue weighted by Gasteiger charge is 2.27. The van der Waals surface area contributed by atoms with Gasteiger partial charge in [0.05, 0.1) is 0 Å². The van der Waals surface area contributed by atoms with Crippen molar-refractivity contribution in [3.8, 4) is 0 Å². The fourth-order valence-corrected chi connectivity index (χ4v) is 2.69. The minimum absolute atomic E-state index is 0.166. The quantitative estimate of drug-likeness (QED) is 0.618. The number of ether oxygens (including phenoxy) is 2. The van der Waals surface area contributed by atoms with E-state index in [0.717, 1.165) is 12.1 Å². The predicted octanol–water partition coefficient (Wildman–Crippen LogP) is 3.41. The Morgan fingerprint density at radius 1 is 1.12 bits per heavy atom. The Hall–Kier alpha value is -2.30. The van der Waals surface area contributed by atoms with E-state index < -0.39 is 0 Å². The molecular formula is C19H18ClNO3. The number of benzene rings is 2. The van der Waals surface area contributed by atoms with Crippen LogP contribution < -0.4 is 5.32 Å². The first-order chi connectivity index (χ1) is 11.7. The summed E-state index contributed by atoms with van der Waals surface area (Å²) in [7, 11) is 0. The van der Waals surface area contributed by atoms with Gasteiger partial charge in [0.2, 0.25) is 0 Å². The first kappa shape index (κ1) is 16.6. The second-order valence-electron chi connectivity index (χ2n) is 5.40. The summed E-state index contributed by atoms with van der Waals surface area (Å²) in [6.07, 6.45) is 0. The Morgan fingerprint density at radius 2 is 1.96 bits per heavy atom. The zero-order valence-corrected chi connectivity index (χ0v) is 13.9. The molecule has 1 heterocycles. The fraction of sp³-hybridized carbons (Fsp3) is 0.211. The third-order valence-electron chi connectivity index (χ3n) is 3.66. The molecule has 0 radical (unpaired) electrons. The number of rotatable bonds is 7. The van der Waals surface area contributed by atoms with Gasteiger partial charge in [0.15, 0.2) is 0 Å². The Bertz CT molecular complexity index is 743. The van der Waals surface area contributed by atoms with Crippen molar-refractivity contribution in [3.05, 3.63) is 76.5 Å². The molecule has 0 bridgehead atoms. The molecule has 0 fully saturated rings. The third kappa shape index (κ3) is 4.16. The lowest BCUT2D eigenvalue weighted by molar-refractivity contribution is -0.134. The lowest BCUT2D eigenvalue weighted by atomic mass is 10.1. The van der Waals surface area contributed by atoms with Crippen LogP contribution in [0.2, 0.25) is 5.02 Å². The molecule has 0 unspecified atom stereocenters. The summed E-state index contributed by atoms with van der Waals surface area (Å²) >= 11 is 6.00. The van der Waals surface area contributed by atoms with Crippen LogP contribution in [-0.4, -0.2) is 25.7 Å². The molecule has 1 aliphatic rings. The summed E-state index contributed by atoms with van der Waals surface area (Å²) < 4.78 is 10.8. The molecule has 4 nitrogen and oxygen atoms in total. The van der Waals surface area contributed by atoms with E-state index in [4.69, 9.17) is 21.1 Å². The molecule has 0 atom stereocenters. The van der Waals surface area contributed by atoms with E-state index in [2.05, 4.69) is 17.4 Å². The average molecular weight is 344 g/mol. The van der Waals surface area contributed by atoms with Gasteiger partial charge in [0, 0.05) is 18.1 Å². The number of hydrogen-bond donors (Lipinski definition) is 1. The van der Waals surface area contributed by atoms with Gasteiger partial charge in [-0.05, 0) is 23.3 Å². The van der Waals surface area contributed by atoms with E-state index in [-0.39, 0.29) is 12.6 Å². The van der Waals surface area contributed by atoms with Gasteiger partial charge in [-0.25, -0.2) is 4.79 Å². The van der Waals surface area contributed by atoms with Crippen molar-refractivity contribution in [2.24, 2.45) is 0 Å². The highest BCUT2D eigenvalue weighted by molar-refractivity contribution is 6.31. The van der Waals surface area contributed by atoms with Crippen LogP contribution in [0.4, 0.5) is 0 Å². The number of hydrogen-bond acceptors (Lipinski definition) is 4. The zero-order chi connectivity index (χ0) is 16.8. The lowest BCUT2D eigenvalue weighted by Gasteiger charge is -2.09. The smallest absolute Gasteiger partial charge is 0.342 e. The average Bonchev–Trinajstić information content (AvgIpc) is 2.96. The van der Waals surface area contributed by atoms with Gasteiger partial charge in [-0.1, -0.05) is 54.1 Å². The van der Waals surface area contributed by atoms with E-state index >= 15 is 0 Å². The molecule has 0 saturated carbocycles. The fourth-order valence-electron chi connectivity index (χ4n) is 2.50. The van der Waals surface area contributed by atoms with E-state index in [9.17, 15) is 4.79 Å². The summed E-state index contributed by atoms with van der Waals surface area (Å²) in [6, 6.07) is 17.3. The summed E-state index contributed by atoms with van der Waals surface area (Å²) in [5, 5.41) is 3.88. The van der Waals surface area contributed by atoms with Gasteiger partial charge in [-0.2, -0.15) is 0 Å². The Morgan fingerprint density at radius 3 is 2.75 bits per heavy atom. The van der Waals surface area contributed by atoms with Crippen molar-refractivity contribution in [2.75, 3.05) is 19.8 Å². The van der Waals surface area contributed by atoms with E-state index in [1.54, 1.807) is 18.2 Å². The normalized spacial score (nSPS) is 14.0. The largest absolute Gasteiger partial charge is 0.492 e. The zero-order valence-electron chi connectivity index (χ0n) is 13.1. The van der Waals surface area contributed by atoms with Gasteiger partial charge < -0.3 is 14.8 Å². The van der Waals surface area contributed by atoms with Crippen LogP contribution in [0.3, 0.4) is 0 Å². The van der Waals surface area contributed by atoms with Crippen LogP contribution in [-0.2, 0) is 20.8 Å². The summed E-state index contributed by atoms with van der Waals surface area (Å²) in [6.45, 7) is 2.08. The predicted molar refractivity (Wildman–Crippen MR) is 93.4 cm³/mol. The second-order valence-corrected chi connectivity index (χ2v) is 5.83. The summed E-state index contributed by atoms with van der Waals surface area (Å²) in [5.41, 5.74) is 2.40. The minimum Gasteiger partial charge on any atom is -0.492 e. The van der Waals surface area contributed by atoms with Crippen LogP contribution >= 0.6 is 11.6 Å². The second kappa shape index (κ2) is 7.99. The van der Waals surface area contributed by atoms with Crippen molar-refractivity contribution in [2.45, 2.75) is 6.54 Å². The van der Waals surface area contributed by atoms with E-state index in [1.807, 2.05) is 24.3 Å². The maximum absolute atomic E-state index is 12.0.